The topological polar surface area (TPSA) is 210 Å². The van der Waals surface area contributed by atoms with E-state index in [0.29, 0.717) is 12.0 Å². The van der Waals surface area contributed by atoms with Gasteiger partial charge in [-0.15, -0.1) is 0 Å². The zero-order valence-corrected chi connectivity index (χ0v) is 25.0. The fraction of sp³-hybridized carbons (Fsp3) is 0.696. The minimum absolute atomic E-state index is 0.0231. The smallest absolute Gasteiger partial charge is 0.406 e. The number of anilines is 1. The highest BCUT2D eigenvalue weighted by molar-refractivity contribution is 8.11. The number of rotatable bonds is 13. The average Bonchev–Trinajstić information content (AvgIpc) is 3.47. The highest BCUT2D eigenvalue weighted by Crippen LogP contribution is 2.45. The van der Waals surface area contributed by atoms with Gasteiger partial charge in [0.25, 0.3) is 5.56 Å². The van der Waals surface area contributed by atoms with Gasteiger partial charge in [0, 0.05) is 18.3 Å². The van der Waals surface area contributed by atoms with Crippen LogP contribution in [0.1, 0.15) is 47.3 Å². The highest BCUT2D eigenvalue weighted by atomic mass is 32.2. The summed E-state index contributed by atoms with van der Waals surface area (Å²) in [5, 5.41) is 10.9. The van der Waals surface area contributed by atoms with Crippen LogP contribution in [0.5, 0.6) is 0 Å². The molecule has 0 radical (unpaired) electrons. The number of imidazole rings is 1. The Morgan fingerprint density at radius 2 is 2.12 bits per heavy atom. The monoisotopic (exact) mass is 606 g/mol. The number of aliphatic hydroxyl groups is 1. The maximum Gasteiger partial charge on any atom is 0.406 e. The Morgan fingerprint density at radius 1 is 1.43 bits per heavy atom. The SMILES string of the molecule is CC(C)(C)CO.CCOC(=O)CNP(=O)(OCCSC=O)OCC1CC(C)C(n2cnc3c(=O)[nH]c(N)nc32)O1. The van der Waals surface area contributed by atoms with Gasteiger partial charge < -0.3 is 20.3 Å². The Labute approximate surface area is 236 Å². The third kappa shape index (κ3) is 10.6. The summed E-state index contributed by atoms with van der Waals surface area (Å²) in [6, 6.07) is 0. The molecule has 1 aliphatic heterocycles. The number of carbonyl (C=O) groups excluding carboxylic acids is 2. The second-order valence-corrected chi connectivity index (χ2v) is 12.9. The molecule has 1 fully saturated rings. The van der Waals surface area contributed by atoms with Crippen LogP contribution < -0.4 is 16.4 Å². The first-order chi connectivity index (χ1) is 18.8. The van der Waals surface area contributed by atoms with Gasteiger partial charge in [-0.3, -0.25) is 33.0 Å². The molecule has 17 heteroatoms. The molecule has 5 N–H and O–H groups in total. The zero-order valence-electron chi connectivity index (χ0n) is 23.3. The molecule has 1 saturated heterocycles. The van der Waals surface area contributed by atoms with Crippen LogP contribution in [0, 0.1) is 11.3 Å². The number of nitrogens with two attached hydrogens (primary N) is 1. The molecule has 15 nitrogen and oxygen atoms in total. The molecule has 3 rings (SSSR count). The number of fused-ring (bicyclic) bond motifs is 1. The normalized spacial score (nSPS) is 20.5. The third-order valence-corrected chi connectivity index (χ3v) is 7.43. The molecule has 2 aromatic heterocycles. The molecular formula is C23H39N6O9PS. The van der Waals surface area contributed by atoms with Crippen molar-refractivity contribution in [1.29, 1.82) is 0 Å². The van der Waals surface area contributed by atoms with Crippen molar-refractivity contribution < 1.29 is 37.8 Å². The van der Waals surface area contributed by atoms with Crippen molar-refractivity contribution in [3.63, 3.8) is 0 Å². The molecule has 40 heavy (non-hydrogen) atoms. The van der Waals surface area contributed by atoms with Crippen molar-refractivity contribution >= 4 is 48.2 Å². The van der Waals surface area contributed by atoms with Crippen molar-refractivity contribution in [3.8, 4) is 0 Å². The van der Waals surface area contributed by atoms with Crippen molar-refractivity contribution in [2.45, 2.75) is 53.4 Å². The first-order valence-electron chi connectivity index (χ1n) is 12.7. The number of aromatic nitrogens is 4. The Kier molecular flexibility index (Phi) is 13.2. The number of thioether (sulfide) groups is 1. The van der Waals surface area contributed by atoms with Gasteiger partial charge in [-0.1, -0.05) is 39.5 Å². The van der Waals surface area contributed by atoms with Crippen molar-refractivity contribution in [1.82, 2.24) is 24.6 Å². The van der Waals surface area contributed by atoms with Crippen molar-refractivity contribution in [2.24, 2.45) is 11.3 Å². The fourth-order valence-corrected chi connectivity index (χ4v) is 5.10. The number of hydrogen-bond acceptors (Lipinski definition) is 13. The summed E-state index contributed by atoms with van der Waals surface area (Å²) in [5.74, 6) is -0.412. The number of nitrogens with zero attached hydrogens (tertiary/aromatic N) is 3. The van der Waals surface area contributed by atoms with Gasteiger partial charge in [-0.2, -0.15) is 4.98 Å². The van der Waals surface area contributed by atoms with Gasteiger partial charge in [-0.05, 0) is 18.8 Å². The molecule has 0 aromatic carbocycles. The molecular weight excluding hydrogens is 567 g/mol. The zero-order chi connectivity index (χ0) is 29.9. The second kappa shape index (κ2) is 15.6. The molecule has 0 saturated carbocycles. The summed E-state index contributed by atoms with van der Waals surface area (Å²) in [4.78, 5) is 44.8. The minimum Gasteiger partial charge on any atom is -0.465 e. The number of H-pyrrole nitrogens is 1. The number of aliphatic hydroxyl groups excluding tert-OH is 1. The first kappa shape index (κ1) is 33.9. The van der Waals surface area contributed by atoms with Crippen LogP contribution in [-0.2, 0) is 32.7 Å². The highest BCUT2D eigenvalue weighted by Gasteiger charge is 2.37. The summed E-state index contributed by atoms with van der Waals surface area (Å²) < 4.78 is 36.5. The van der Waals surface area contributed by atoms with E-state index >= 15 is 0 Å². The van der Waals surface area contributed by atoms with Gasteiger partial charge in [0.05, 0.1) is 32.3 Å². The van der Waals surface area contributed by atoms with E-state index in [1.807, 2.05) is 27.7 Å². The fourth-order valence-electron chi connectivity index (χ4n) is 3.43. The minimum atomic E-state index is -3.89. The van der Waals surface area contributed by atoms with Crippen LogP contribution in [0.2, 0.25) is 0 Å². The predicted molar refractivity (Wildman–Crippen MR) is 150 cm³/mol. The molecule has 3 heterocycles. The quantitative estimate of drug-likeness (QED) is 0.111. The van der Waals surface area contributed by atoms with Gasteiger partial charge in [0.1, 0.15) is 12.8 Å². The summed E-state index contributed by atoms with van der Waals surface area (Å²) in [6.45, 7) is 9.51. The van der Waals surface area contributed by atoms with E-state index in [-0.39, 0.29) is 67.2 Å². The number of aromatic amines is 1. The maximum atomic E-state index is 13.1. The second-order valence-electron chi connectivity index (χ2n) is 10.1. The molecule has 0 amide bonds. The van der Waals surface area contributed by atoms with E-state index in [2.05, 4.69) is 20.0 Å². The summed E-state index contributed by atoms with van der Waals surface area (Å²) in [7, 11) is -3.89. The van der Waals surface area contributed by atoms with Crippen LogP contribution in [0.4, 0.5) is 5.95 Å². The van der Waals surface area contributed by atoms with Crippen molar-refractivity contribution in [3.05, 3.63) is 16.7 Å². The number of nitrogen functional groups attached to an aromatic ring is 1. The van der Waals surface area contributed by atoms with Crippen LogP contribution in [0.3, 0.4) is 0 Å². The molecule has 0 spiro atoms. The Hall–Kier alpha value is -2.33. The number of esters is 1. The molecule has 1 aliphatic rings. The van der Waals surface area contributed by atoms with E-state index in [0.717, 1.165) is 11.8 Å². The van der Waals surface area contributed by atoms with Crippen LogP contribution in [-0.4, -0.2) is 81.0 Å². The third-order valence-electron chi connectivity index (χ3n) is 5.34. The molecule has 226 valence electrons. The van der Waals surface area contributed by atoms with E-state index in [1.54, 1.807) is 11.5 Å². The van der Waals surface area contributed by atoms with E-state index < -0.39 is 31.6 Å². The lowest BCUT2D eigenvalue weighted by atomic mass is 9.99. The van der Waals surface area contributed by atoms with E-state index in [9.17, 15) is 18.9 Å². The van der Waals surface area contributed by atoms with Crippen LogP contribution >= 0.6 is 19.5 Å². The van der Waals surface area contributed by atoms with E-state index in [1.165, 1.54) is 6.33 Å². The van der Waals surface area contributed by atoms with Gasteiger partial charge in [0.2, 0.25) is 5.95 Å². The largest absolute Gasteiger partial charge is 0.465 e. The van der Waals surface area contributed by atoms with E-state index in [4.69, 9.17) is 29.4 Å². The van der Waals surface area contributed by atoms with Gasteiger partial charge in [0.15, 0.2) is 16.8 Å². The molecule has 0 aliphatic carbocycles. The lowest BCUT2D eigenvalue weighted by Crippen LogP contribution is -2.26. The maximum absolute atomic E-state index is 13.1. The summed E-state index contributed by atoms with van der Waals surface area (Å²) >= 11 is 0.952. The Balaban J connectivity index is 0.000000840. The average molecular weight is 607 g/mol. The first-order valence-corrected chi connectivity index (χ1v) is 15.2. The van der Waals surface area contributed by atoms with Gasteiger partial charge >= 0.3 is 13.7 Å². The summed E-state index contributed by atoms with van der Waals surface area (Å²) in [6.07, 6.45) is 1.02. The molecule has 0 bridgehead atoms. The van der Waals surface area contributed by atoms with Crippen molar-refractivity contribution in [2.75, 3.05) is 44.5 Å². The lowest BCUT2D eigenvalue weighted by Gasteiger charge is -2.21. The van der Waals surface area contributed by atoms with Crippen LogP contribution in [0.15, 0.2) is 11.1 Å². The predicted octanol–water partition coefficient (Wildman–Crippen LogP) is 1.87. The van der Waals surface area contributed by atoms with Gasteiger partial charge in [-0.25, -0.2) is 14.6 Å². The molecule has 2 aromatic rings. The standard InChI is InChI=1S/C18H27N6O8PS.C5H12O/c1-3-29-13(26)7-21-33(28,30-4-5-34-10-25)31-8-12-6-11(2)17(32-12)24-9-20-14-15(24)22-18(19)23-16(14)27;1-5(2,3)4-6/h9-12,17H,3-8H2,1-2H3,(H,21,28)(H3,19,22,23,27);6H,4H2,1-3H3. The molecule has 4 unspecified atom stereocenters. The number of nitrogens with one attached hydrogen (secondary N) is 2. The van der Waals surface area contributed by atoms with Crippen LogP contribution in [0.25, 0.3) is 11.2 Å². The Morgan fingerprint density at radius 3 is 2.75 bits per heavy atom. The number of hydrogen-bond donors (Lipinski definition) is 4. The number of carbonyl (C=O) groups is 2. The Bertz CT molecular complexity index is 1220. The lowest BCUT2D eigenvalue weighted by molar-refractivity contribution is -0.141. The number of ether oxygens (including phenoxy) is 2. The molecule has 4 atom stereocenters. The summed E-state index contributed by atoms with van der Waals surface area (Å²) in [5.41, 5.74) is 6.38.